The van der Waals surface area contributed by atoms with Crippen molar-refractivity contribution in [2.75, 3.05) is 13.2 Å². The highest BCUT2D eigenvalue weighted by atomic mass is 16.7. The minimum atomic E-state index is -1.62. The van der Waals surface area contributed by atoms with Gasteiger partial charge in [-0.3, -0.25) is 4.79 Å². The van der Waals surface area contributed by atoms with Gasteiger partial charge in [-0.05, 0) is 84.9 Å². The summed E-state index contributed by atoms with van der Waals surface area (Å²) in [5.41, 5.74) is -1.66. The summed E-state index contributed by atoms with van der Waals surface area (Å²) in [6.45, 7) is 12.8. The molecular formula is C36H58O11. The minimum Gasteiger partial charge on any atom is -0.458 e. The van der Waals surface area contributed by atoms with Gasteiger partial charge in [0.25, 0.3) is 6.47 Å². The van der Waals surface area contributed by atoms with E-state index in [0.717, 1.165) is 32.1 Å². The third kappa shape index (κ3) is 4.88. The second-order valence-corrected chi connectivity index (χ2v) is 17.8. The zero-order chi connectivity index (χ0) is 34.5. The highest BCUT2D eigenvalue weighted by molar-refractivity contribution is 5.43. The number of hydrogen-bond donors (Lipinski definition) is 7. The van der Waals surface area contributed by atoms with Crippen LogP contribution in [0.3, 0.4) is 0 Å². The second-order valence-electron chi connectivity index (χ2n) is 17.8. The van der Waals surface area contributed by atoms with Crippen LogP contribution in [0.4, 0.5) is 0 Å². The van der Waals surface area contributed by atoms with E-state index in [9.17, 15) is 40.5 Å². The molecular weight excluding hydrogens is 608 g/mol. The van der Waals surface area contributed by atoms with Gasteiger partial charge in [0.15, 0.2) is 6.29 Å². The van der Waals surface area contributed by atoms with E-state index in [1.165, 1.54) is 5.57 Å². The Bertz CT molecular complexity index is 1240. The van der Waals surface area contributed by atoms with Gasteiger partial charge in [0.05, 0.1) is 31.5 Å². The van der Waals surface area contributed by atoms with Crippen LogP contribution in [0, 0.1) is 44.8 Å². The van der Waals surface area contributed by atoms with Crippen molar-refractivity contribution in [3.63, 3.8) is 0 Å². The number of rotatable bonds is 6. The molecule has 1 aliphatic heterocycles. The van der Waals surface area contributed by atoms with Crippen LogP contribution >= 0.6 is 0 Å². The molecule has 5 fully saturated rings. The molecule has 0 aromatic carbocycles. The maximum absolute atomic E-state index is 11.9. The number of fused-ring (bicyclic) bond motifs is 7. The normalized spacial score (nSPS) is 55.4. The molecule has 0 radical (unpaired) electrons. The molecule has 5 aliphatic carbocycles. The molecule has 4 saturated carbocycles. The van der Waals surface area contributed by atoms with Crippen LogP contribution in [-0.4, -0.2) is 110 Å². The van der Waals surface area contributed by atoms with Gasteiger partial charge in [0, 0.05) is 11.3 Å². The third-order valence-electron chi connectivity index (χ3n) is 15.0. The summed E-state index contributed by atoms with van der Waals surface area (Å²) in [5.74, 6) is -0.0847. The molecule has 1 saturated heterocycles. The smallest absolute Gasteiger partial charge is 0.293 e. The van der Waals surface area contributed by atoms with Gasteiger partial charge in [0.1, 0.15) is 30.0 Å². The second kappa shape index (κ2) is 11.7. The van der Waals surface area contributed by atoms with Crippen LogP contribution in [0.25, 0.3) is 0 Å². The summed E-state index contributed by atoms with van der Waals surface area (Å²) >= 11 is 0. The zero-order valence-corrected chi connectivity index (χ0v) is 28.8. The fourth-order valence-electron chi connectivity index (χ4n) is 12.3. The lowest BCUT2D eigenvalue weighted by molar-refractivity contribution is -0.345. The van der Waals surface area contributed by atoms with Crippen LogP contribution in [0.2, 0.25) is 0 Å². The van der Waals surface area contributed by atoms with Crippen molar-refractivity contribution in [2.45, 2.75) is 148 Å². The summed E-state index contributed by atoms with van der Waals surface area (Å²) in [4.78, 5) is 11.8. The van der Waals surface area contributed by atoms with Gasteiger partial charge in [-0.15, -0.1) is 0 Å². The maximum Gasteiger partial charge on any atom is 0.293 e. The number of carbonyl (C=O) groups excluding carboxylic acids is 1. The first-order valence-electron chi connectivity index (χ1n) is 17.6. The van der Waals surface area contributed by atoms with E-state index in [-0.39, 0.29) is 40.6 Å². The Labute approximate surface area is 278 Å². The fraction of sp³-hybridized carbons (Fsp3) is 0.917. The SMILES string of the molecule is CC1(C)CCC2(OC=O)C(O)CC3(C)C(=CCC4C5(C)CC(O)C(OC6OC(CO)C(O)C(O)C6O)C(C)(CO)C5CCC43C)C2C1. The number of aliphatic hydroxyl groups is 7. The molecule has 0 aromatic heterocycles. The van der Waals surface area contributed by atoms with Crippen molar-refractivity contribution in [1.82, 2.24) is 0 Å². The molecule has 16 atom stereocenters. The molecule has 47 heavy (non-hydrogen) atoms. The predicted octanol–water partition coefficient (Wildman–Crippen LogP) is 1.81. The minimum absolute atomic E-state index is 0.0347. The van der Waals surface area contributed by atoms with E-state index >= 15 is 0 Å². The molecule has 0 bridgehead atoms. The lowest BCUT2D eigenvalue weighted by Gasteiger charge is -2.72. The van der Waals surface area contributed by atoms with Gasteiger partial charge in [-0.1, -0.05) is 53.2 Å². The quantitative estimate of drug-likeness (QED) is 0.125. The zero-order valence-electron chi connectivity index (χ0n) is 28.8. The summed E-state index contributed by atoms with van der Waals surface area (Å²) in [5, 5.41) is 76.0. The predicted molar refractivity (Wildman–Crippen MR) is 169 cm³/mol. The topological polar surface area (TPSA) is 186 Å². The largest absolute Gasteiger partial charge is 0.458 e. The van der Waals surface area contributed by atoms with Crippen molar-refractivity contribution >= 4 is 6.47 Å². The van der Waals surface area contributed by atoms with E-state index in [2.05, 4.69) is 40.7 Å². The Morgan fingerprint density at radius 2 is 1.60 bits per heavy atom. The Kier molecular flexibility index (Phi) is 8.88. The van der Waals surface area contributed by atoms with Crippen LogP contribution in [0.5, 0.6) is 0 Å². The van der Waals surface area contributed by atoms with Gasteiger partial charge in [-0.25, -0.2) is 0 Å². The molecule has 0 amide bonds. The van der Waals surface area contributed by atoms with E-state index in [1.54, 1.807) is 0 Å². The van der Waals surface area contributed by atoms with Crippen molar-refractivity contribution in [1.29, 1.82) is 0 Å². The molecule has 7 N–H and O–H groups in total. The van der Waals surface area contributed by atoms with E-state index < -0.39 is 72.1 Å². The van der Waals surface area contributed by atoms with Crippen molar-refractivity contribution in [2.24, 2.45) is 44.8 Å². The Morgan fingerprint density at radius 1 is 0.894 bits per heavy atom. The van der Waals surface area contributed by atoms with E-state index in [1.807, 2.05) is 6.92 Å². The molecule has 0 spiro atoms. The summed E-state index contributed by atoms with van der Waals surface area (Å²) in [7, 11) is 0. The Hall–Kier alpha value is -1.15. The van der Waals surface area contributed by atoms with Crippen LogP contribution < -0.4 is 0 Å². The molecule has 268 valence electrons. The average molecular weight is 667 g/mol. The fourth-order valence-corrected chi connectivity index (χ4v) is 12.3. The molecule has 11 nitrogen and oxygen atoms in total. The standard InChI is InChI=1S/C36H58O11/c1-31(2)11-12-36(45-18-39)20(13-31)19-7-8-24-32(3)14-21(40)29(47-30-28(44)27(43)26(42)22(16-37)46-30)33(4,17-38)23(32)9-10-34(24,5)35(19,6)15-25(36)41/h7,18,20-30,37-38,40-44H,8-17H2,1-6H3. The summed E-state index contributed by atoms with van der Waals surface area (Å²) in [6.07, 6.45) is -2.38. The Balaban J connectivity index is 1.35. The lowest BCUT2D eigenvalue weighted by Crippen LogP contribution is -2.71. The molecule has 0 aromatic rings. The number of allylic oxidation sites excluding steroid dienone is 1. The number of aliphatic hydroxyl groups excluding tert-OH is 7. The highest BCUT2D eigenvalue weighted by Gasteiger charge is 2.72. The third-order valence-corrected chi connectivity index (χ3v) is 15.0. The van der Waals surface area contributed by atoms with Crippen LogP contribution in [0.15, 0.2) is 11.6 Å². The summed E-state index contributed by atoms with van der Waals surface area (Å²) in [6, 6.07) is 0. The first kappa shape index (κ1) is 35.7. The first-order valence-corrected chi connectivity index (χ1v) is 17.6. The van der Waals surface area contributed by atoms with Crippen molar-refractivity contribution in [3.05, 3.63) is 11.6 Å². The van der Waals surface area contributed by atoms with Gasteiger partial charge < -0.3 is 50.0 Å². The lowest BCUT2D eigenvalue weighted by atomic mass is 9.33. The number of carbonyl (C=O) groups is 1. The molecule has 6 rings (SSSR count). The molecule has 16 unspecified atom stereocenters. The first-order chi connectivity index (χ1) is 21.9. The van der Waals surface area contributed by atoms with E-state index in [0.29, 0.717) is 25.7 Å². The molecule has 6 aliphatic rings. The highest BCUT2D eigenvalue weighted by Crippen LogP contribution is 2.75. The monoisotopic (exact) mass is 666 g/mol. The van der Waals surface area contributed by atoms with Gasteiger partial charge >= 0.3 is 0 Å². The Morgan fingerprint density at radius 3 is 2.23 bits per heavy atom. The summed E-state index contributed by atoms with van der Waals surface area (Å²) < 4.78 is 17.8. The van der Waals surface area contributed by atoms with Crippen LogP contribution in [-0.2, 0) is 19.0 Å². The van der Waals surface area contributed by atoms with E-state index in [4.69, 9.17) is 14.2 Å². The van der Waals surface area contributed by atoms with Gasteiger partial charge in [-0.2, -0.15) is 0 Å². The van der Waals surface area contributed by atoms with Gasteiger partial charge in [0.2, 0.25) is 0 Å². The van der Waals surface area contributed by atoms with Crippen molar-refractivity contribution in [3.8, 4) is 0 Å². The maximum atomic E-state index is 11.9. The number of ether oxygens (including phenoxy) is 3. The van der Waals surface area contributed by atoms with Crippen LogP contribution in [0.1, 0.15) is 92.9 Å². The number of hydrogen-bond acceptors (Lipinski definition) is 11. The average Bonchev–Trinajstić information content (AvgIpc) is 3.00. The molecule has 11 heteroatoms. The molecule has 1 heterocycles. The van der Waals surface area contributed by atoms with Crippen molar-refractivity contribution < 1.29 is 54.8 Å².